The molecular formula is C10H19NO2. The van der Waals surface area contributed by atoms with Gasteiger partial charge < -0.3 is 9.47 Å². The van der Waals surface area contributed by atoms with Crippen LogP contribution in [0.4, 0.5) is 0 Å². The molecular weight excluding hydrogens is 166 g/mol. The van der Waals surface area contributed by atoms with Gasteiger partial charge in [-0.25, -0.2) is 0 Å². The molecule has 1 unspecified atom stereocenters. The van der Waals surface area contributed by atoms with Crippen LogP contribution in [-0.4, -0.2) is 25.9 Å². The summed E-state index contributed by atoms with van der Waals surface area (Å²) in [6.07, 6.45) is 2.71. The molecule has 0 heterocycles. The summed E-state index contributed by atoms with van der Waals surface area (Å²) in [5.41, 5.74) is 0. The van der Waals surface area contributed by atoms with Crippen molar-refractivity contribution in [2.24, 2.45) is 0 Å². The van der Waals surface area contributed by atoms with E-state index in [9.17, 15) is 0 Å². The van der Waals surface area contributed by atoms with Gasteiger partial charge in [0.25, 0.3) is 0 Å². The zero-order chi connectivity index (χ0) is 9.94. The highest BCUT2D eigenvalue weighted by molar-refractivity contribution is 4.82. The normalized spacial score (nSPS) is 12.4. The summed E-state index contributed by atoms with van der Waals surface area (Å²) in [4.78, 5) is 0. The van der Waals surface area contributed by atoms with E-state index in [1.807, 2.05) is 6.92 Å². The Morgan fingerprint density at radius 1 is 1.23 bits per heavy atom. The van der Waals surface area contributed by atoms with E-state index in [2.05, 4.69) is 13.0 Å². The van der Waals surface area contributed by atoms with Gasteiger partial charge in [-0.2, -0.15) is 5.26 Å². The topological polar surface area (TPSA) is 42.2 Å². The van der Waals surface area contributed by atoms with Gasteiger partial charge in [0.2, 0.25) is 0 Å². The highest BCUT2D eigenvalue weighted by atomic mass is 16.5. The number of hydrogen-bond acceptors (Lipinski definition) is 3. The summed E-state index contributed by atoms with van der Waals surface area (Å²) in [5.74, 6) is 0. The molecule has 3 nitrogen and oxygen atoms in total. The van der Waals surface area contributed by atoms with Crippen LogP contribution in [0.2, 0.25) is 0 Å². The predicted octanol–water partition coefficient (Wildman–Crippen LogP) is 2.12. The van der Waals surface area contributed by atoms with E-state index in [-0.39, 0.29) is 6.10 Å². The molecule has 0 spiro atoms. The molecule has 76 valence electrons. The summed E-state index contributed by atoms with van der Waals surface area (Å²) in [6.45, 7) is 5.98. The Morgan fingerprint density at radius 3 is 2.54 bits per heavy atom. The predicted molar refractivity (Wildman–Crippen MR) is 51.4 cm³/mol. The quantitative estimate of drug-likeness (QED) is 0.544. The SMILES string of the molecule is CCCCOCCOC(C#N)CC. The van der Waals surface area contributed by atoms with Gasteiger partial charge in [0.15, 0.2) is 0 Å². The smallest absolute Gasteiger partial charge is 0.143 e. The van der Waals surface area contributed by atoms with Crippen molar-refractivity contribution in [3.63, 3.8) is 0 Å². The van der Waals surface area contributed by atoms with Crippen molar-refractivity contribution in [2.45, 2.75) is 39.2 Å². The van der Waals surface area contributed by atoms with Crippen LogP contribution in [0.15, 0.2) is 0 Å². The minimum absolute atomic E-state index is 0.269. The second-order valence-electron chi connectivity index (χ2n) is 2.86. The van der Waals surface area contributed by atoms with E-state index in [4.69, 9.17) is 14.7 Å². The third kappa shape index (κ3) is 7.76. The van der Waals surface area contributed by atoms with E-state index in [1.165, 1.54) is 0 Å². The monoisotopic (exact) mass is 185 g/mol. The molecule has 0 rings (SSSR count). The Kier molecular flexibility index (Phi) is 9.07. The van der Waals surface area contributed by atoms with Crippen LogP contribution in [0.1, 0.15) is 33.1 Å². The average molecular weight is 185 g/mol. The molecule has 0 aliphatic carbocycles. The maximum absolute atomic E-state index is 8.55. The first-order chi connectivity index (χ1) is 6.35. The van der Waals surface area contributed by atoms with Crippen LogP contribution in [0, 0.1) is 11.3 Å². The second-order valence-corrected chi connectivity index (χ2v) is 2.86. The molecule has 0 bridgehead atoms. The highest BCUT2D eigenvalue weighted by Gasteiger charge is 2.02. The molecule has 0 radical (unpaired) electrons. The molecule has 0 aliphatic rings. The summed E-state index contributed by atoms with van der Waals surface area (Å²) < 4.78 is 10.5. The van der Waals surface area contributed by atoms with Gasteiger partial charge in [-0.05, 0) is 12.8 Å². The van der Waals surface area contributed by atoms with Gasteiger partial charge in [0.05, 0.1) is 19.3 Å². The fraction of sp³-hybridized carbons (Fsp3) is 0.900. The van der Waals surface area contributed by atoms with E-state index in [0.717, 1.165) is 25.9 Å². The maximum atomic E-state index is 8.55. The number of unbranched alkanes of at least 4 members (excludes halogenated alkanes) is 1. The van der Waals surface area contributed by atoms with Gasteiger partial charge in [-0.15, -0.1) is 0 Å². The largest absolute Gasteiger partial charge is 0.379 e. The first kappa shape index (κ1) is 12.4. The van der Waals surface area contributed by atoms with Crippen LogP contribution < -0.4 is 0 Å². The first-order valence-electron chi connectivity index (χ1n) is 4.94. The Hall–Kier alpha value is -0.590. The lowest BCUT2D eigenvalue weighted by molar-refractivity contribution is 0.0241. The third-order valence-corrected chi connectivity index (χ3v) is 1.70. The third-order valence-electron chi connectivity index (χ3n) is 1.70. The Labute approximate surface area is 80.6 Å². The maximum Gasteiger partial charge on any atom is 0.143 e. The number of rotatable bonds is 8. The van der Waals surface area contributed by atoms with Gasteiger partial charge >= 0.3 is 0 Å². The zero-order valence-electron chi connectivity index (χ0n) is 8.58. The fourth-order valence-electron chi connectivity index (χ4n) is 0.844. The molecule has 0 aromatic rings. The molecule has 0 saturated carbocycles. The summed E-state index contributed by atoms with van der Waals surface area (Å²) in [5, 5.41) is 8.55. The van der Waals surface area contributed by atoms with Gasteiger partial charge in [-0.1, -0.05) is 20.3 Å². The van der Waals surface area contributed by atoms with Crippen LogP contribution in [0.3, 0.4) is 0 Å². The molecule has 3 heteroatoms. The lowest BCUT2D eigenvalue weighted by Gasteiger charge is -2.08. The highest BCUT2D eigenvalue weighted by Crippen LogP contribution is 1.95. The van der Waals surface area contributed by atoms with Crippen LogP contribution >= 0.6 is 0 Å². The van der Waals surface area contributed by atoms with Crippen LogP contribution in [-0.2, 0) is 9.47 Å². The van der Waals surface area contributed by atoms with Crippen molar-refractivity contribution in [1.82, 2.24) is 0 Å². The second kappa shape index (κ2) is 9.50. The van der Waals surface area contributed by atoms with E-state index in [1.54, 1.807) is 0 Å². The Morgan fingerprint density at radius 2 is 2.00 bits per heavy atom. The number of hydrogen-bond donors (Lipinski definition) is 0. The van der Waals surface area contributed by atoms with Crippen molar-refractivity contribution in [2.75, 3.05) is 19.8 Å². The lowest BCUT2D eigenvalue weighted by Crippen LogP contribution is -2.13. The molecule has 1 atom stereocenters. The first-order valence-corrected chi connectivity index (χ1v) is 4.94. The molecule has 0 aromatic heterocycles. The van der Waals surface area contributed by atoms with Gasteiger partial charge in [-0.3, -0.25) is 0 Å². The summed E-state index contributed by atoms with van der Waals surface area (Å²) in [7, 11) is 0. The van der Waals surface area contributed by atoms with Crippen molar-refractivity contribution in [3.8, 4) is 6.07 Å². The molecule has 0 N–H and O–H groups in total. The fourth-order valence-corrected chi connectivity index (χ4v) is 0.844. The van der Waals surface area contributed by atoms with Gasteiger partial charge in [0, 0.05) is 6.61 Å². The standard InChI is InChI=1S/C10H19NO2/c1-3-5-6-12-7-8-13-10(4-2)9-11/h10H,3-8H2,1-2H3. The van der Waals surface area contributed by atoms with E-state index < -0.39 is 0 Å². The minimum atomic E-state index is -0.269. The van der Waals surface area contributed by atoms with E-state index in [0.29, 0.717) is 13.2 Å². The Bertz CT molecular complexity index is 142. The van der Waals surface area contributed by atoms with Crippen LogP contribution in [0.25, 0.3) is 0 Å². The molecule has 0 aromatic carbocycles. The van der Waals surface area contributed by atoms with Crippen molar-refractivity contribution in [1.29, 1.82) is 5.26 Å². The minimum Gasteiger partial charge on any atom is -0.379 e. The number of nitrogens with zero attached hydrogens (tertiary/aromatic N) is 1. The van der Waals surface area contributed by atoms with Crippen molar-refractivity contribution >= 4 is 0 Å². The lowest BCUT2D eigenvalue weighted by atomic mass is 10.3. The zero-order valence-corrected chi connectivity index (χ0v) is 8.58. The van der Waals surface area contributed by atoms with Crippen molar-refractivity contribution in [3.05, 3.63) is 0 Å². The molecule has 0 fully saturated rings. The average Bonchev–Trinajstić information content (AvgIpc) is 2.17. The summed E-state index contributed by atoms with van der Waals surface area (Å²) >= 11 is 0. The van der Waals surface area contributed by atoms with Gasteiger partial charge in [0.1, 0.15) is 6.10 Å². The summed E-state index contributed by atoms with van der Waals surface area (Å²) in [6, 6.07) is 2.08. The van der Waals surface area contributed by atoms with E-state index >= 15 is 0 Å². The molecule has 13 heavy (non-hydrogen) atoms. The molecule has 0 saturated heterocycles. The Balaban J connectivity index is 3.11. The molecule has 0 amide bonds. The van der Waals surface area contributed by atoms with Crippen molar-refractivity contribution < 1.29 is 9.47 Å². The van der Waals surface area contributed by atoms with Crippen LogP contribution in [0.5, 0.6) is 0 Å². The number of ether oxygens (including phenoxy) is 2. The molecule has 0 aliphatic heterocycles. The number of nitriles is 1.